The Morgan fingerprint density at radius 1 is 1.18 bits per heavy atom. The number of amidine groups is 1. The van der Waals surface area contributed by atoms with E-state index in [-0.39, 0.29) is 0 Å². The van der Waals surface area contributed by atoms with Crippen molar-refractivity contribution in [2.45, 2.75) is 12.2 Å². The molecule has 0 aliphatic carbocycles. The monoisotopic (exact) mass is 242 g/mol. The zero-order chi connectivity index (χ0) is 11.7. The lowest BCUT2D eigenvalue weighted by Gasteiger charge is -2.09. The van der Waals surface area contributed by atoms with Crippen molar-refractivity contribution < 1.29 is 0 Å². The van der Waals surface area contributed by atoms with Crippen LogP contribution in [0.3, 0.4) is 0 Å². The van der Waals surface area contributed by atoms with Crippen LogP contribution in [0.4, 0.5) is 5.69 Å². The normalized spacial score (nSPS) is 19.4. The molecule has 0 unspecified atom stereocenters. The fraction of sp³-hybridized carbons (Fsp3) is 0.214. The summed E-state index contributed by atoms with van der Waals surface area (Å²) in [6, 6.07) is 14.7. The molecule has 3 rings (SSSR count). The number of nitrogens with zero attached hydrogens (tertiary/aromatic N) is 1. The Balaban J connectivity index is 1.95. The van der Waals surface area contributed by atoms with E-state index in [9.17, 15) is 0 Å². The Bertz CT molecular complexity index is 572. The summed E-state index contributed by atoms with van der Waals surface area (Å²) >= 11 is 1.81. The summed E-state index contributed by atoms with van der Waals surface area (Å²) in [5.41, 5.74) is 1.14. The van der Waals surface area contributed by atoms with Gasteiger partial charge in [0.1, 0.15) is 0 Å². The number of anilines is 1. The molecule has 0 saturated carbocycles. The highest BCUT2D eigenvalue weighted by atomic mass is 32.2. The molecule has 1 N–H and O–H groups in total. The van der Waals surface area contributed by atoms with E-state index in [4.69, 9.17) is 0 Å². The summed E-state index contributed by atoms with van der Waals surface area (Å²) in [5, 5.41) is 7.56. The molecule has 0 bridgehead atoms. The number of benzene rings is 2. The first-order valence-corrected chi connectivity index (χ1v) is 6.67. The molecule has 0 saturated heterocycles. The van der Waals surface area contributed by atoms with Gasteiger partial charge >= 0.3 is 0 Å². The van der Waals surface area contributed by atoms with Crippen LogP contribution >= 0.6 is 11.8 Å². The highest BCUT2D eigenvalue weighted by Gasteiger charge is 2.15. The molecule has 1 aliphatic rings. The van der Waals surface area contributed by atoms with Crippen LogP contribution in [0.15, 0.2) is 47.5 Å². The number of fused-ring (bicyclic) bond motifs is 1. The van der Waals surface area contributed by atoms with Gasteiger partial charge in [-0.15, -0.1) is 0 Å². The molecule has 1 atom stereocenters. The molecule has 1 aliphatic heterocycles. The molecule has 1 heterocycles. The van der Waals surface area contributed by atoms with Crippen molar-refractivity contribution in [2.75, 3.05) is 11.9 Å². The van der Waals surface area contributed by atoms with Gasteiger partial charge in [0.2, 0.25) is 0 Å². The second kappa shape index (κ2) is 4.41. The maximum absolute atomic E-state index is 4.49. The van der Waals surface area contributed by atoms with Crippen molar-refractivity contribution in [3.05, 3.63) is 42.5 Å². The van der Waals surface area contributed by atoms with Crippen LogP contribution < -0.4 is 5.32 Å². The summed E-state index contributed by atoms with van der Waals surface area (Å²) < 4.78 is 0. The van der Waals surface area contributed by atoms with Crippen LogP contribution in [0.1, 0.15) is 6.92 Å². The Morgan fingerprint density at radius 2 is 2.00 bits per heavy atom. The van der Waals surface area contributed by atoms with E-state index in [1.165, 1.54) is 10.8 Å². The van der Waals surface area contributed by atoms with Crippen LogP contribution in [0.25, 0.3) is 10.8 Å². The number of thioether (sulfide) groups is 1. The van der Waals surface area contributed by atoms with Gasteiger partial charge in [0, 0.05) is 16.3 Å². The average molecular weight is 242 g/mol. The van der Waals surface area contributed by atoms with Crippen LogP contribution in [0.5, 0.6) is 0 Å². The summed E-state index contributed by atoms with van der Waals surface area (Å²) in [6.45, 7) is 3.11. The van der Waals surface area contributed by atoms with Gasteiger partial charge in [-0.3, -0.25) is 4.99 Å². The molecule has 3 heteroatoms. The molecule has 2 nitrogen and oxygen atoms in total. The van der Waals surface area contributed by atoms with Crippen molar-refractivity contribution in [3.8, 4) is 0 Å². The molecule has 0 fully saturated rings. The highest BCUT2D eigenvalue weighted by molar-refractivity contribution is 8.15. The first kappa shape index (κ1) is 10.7. The number of aliphatic imine (C=N–C) groups is 1. The van der Waals surface area contributed by atoms with Gasteiger partial charge in [0.15, 0.2) is 5.17 Å². The van der Waals surface area contributed by atoms with Gasteiger partial charge in [-0.25, -0.2) is 0 Å². The van der Waals surface area contributed by atoms with Crippen molar-refractivity contribution in [1.29, 1.82) is 0 Å². The van der Waals surface area contributed by atoms with E-state index in [1.807, 2.05) is 11.8 Å². The molecule has 0 spiro atoms. The first-order valence-electron chi connectivity index (χ1n) is 5.79. The van der Waals surface area contributed by atoms with Gasteiger partial charge in [-0.2, -0.15) is 0 Å². The number of hydrogen-bond acceptors (Lipinski definition) is 3. The molecular formula is C14H14N2S. The van der Waals surface area contributed by atoms with Crippen LogP contribution in [0, 0.1) is 0 Å². The van der Waals surface area contributed by atoms with Crippen molar-refractivity contribution in [2.24, 2.45) is 4.99 Å². The van der Waals surface area contributed by atoms with Gasteiger partial charge in [-0.1, -0.05) is 55.1 Å². The summed E-state index contributed by atoms with van der Waals surface area (Å²) in [6.07, 6.45) is 0. The summed E-state index contributed by atoms with van der Waals surface area (Å²) in [7, 11) is 0. The van der Waals surface area contributed by atoms with Gasteiger partial charge in [0.05, 0.1) is 6.54 Å². The van der Waals surface area contributed by atoms with Crippen LogP contribution in [-0.2, 0) is 0 Å². The molecular weight excluding hydrogens is 228 g/mol. The summed E-state index contributed by atoms with van der Waals surface area (Å²) in [5.74, 6) is 0. The van der Waals surface area contributed by atoms with E-state index in [0.717, 1.165) is 17.4 Å². The fourth-order valence-corrected chi connectivity index (χ4v) is 2.84. The Labute approximate surface area is 105 Å². The number of nitrogens with one attached hydrogen (secondary N) is 1. The maximum Gasteiger partial charge on any atom is 0.161 e. The SMILES string of the molecule is C[C@H]1CN=C(Nc2cccc3ccccc23)S1. The topological polar surface area (TPSA) is 24.4 Å². The minimum atomic E-state index is 0.590. The zero-order valence-corrected chi connectivity index (χ0v) is 10.5. The predicted octanol–water partition coefficient (Wildman–Crippen LogP) is 3.74. The molecule has 0 aromatic heterocycles. The van der Waals surface area contributed by atoms with Crippen molar-refractivity contribution in [3.63, 3.8) is 0 Å². The lowest BCUT2D eigenvalue weighted by molar-refractivity contribution is 0.976. The Hall–Kier alpha value is -1.48. The third-order valence-electron chi connectivity index (χ3n) is 2.84. The van der Waals surface area contributed by atoms with Gasteiger partial charge < -0.3 is 5.32 Å². The largest absolute Gasteiger partial charge is 0.334 e. The first-order chi connectivity index (χ1) is 8.33. The van der Waals surface area contributed by atoms with Crippen molar-refractivity contribution in [1.82, 2.24) is 0 Å². The Kier molecular flexibility index (Phi) is 2.77. The lowest BCUT2D eigenvalue weighted by atomic mass is 10.1. The second-order valence-electron chi connectivity index (χ2n) is 4.23. The summed E-state index contributed by atoms with van der Waals surface area (Å²) in [4.78, 5) is 4.49. The molecule has 17 heavy (non-hydrogen) atoms. The molecule has 0 radical (unpaired) electrons. The van der Waals surface area contributed by atoms with Crippen LogP contribution in [-0.4, -0.2) is 17.0 Å². The van der Waals surface area contributed by atoms with E-state index < -0.39 is 0 Å². The van der Waals surface area contributed by atoms with E-state index in [1.54, 1.807) is 0 Å². The number of hydrogen-bond donors (Lipinski definition) is 1. The molecule has 2 aromatic carbocycles. The van der Waals surface area contributed by atoms with Gasteiger partial charge in [-0.05, 0) is 11.5 Å². The quantitative estimate of drug-likeness (QED) is 0.823. The third kappa shape index (κ3) is 2.15. The average Bonchev–Trinajstić information content (AvgIpc) is 2.75. The molecule has 2 aromatic rings. The van der Waals surface area contributed by atoms with E-state index >= 15 is 0 Å². The Morgan fingerprint density at radius 3 is 2.82 bits per heavy atom. The van der Waals surface area contributed by atoms with E-state index in [2.05, 4.69) is 59.7 Å². The van der Waals surface area contributed by atoms with Crippen LogP contribution in [0.2, 0.25) is 0 Å². The fourth-order valence-electron chi connectivity index (χ4n) is 2.00. The van der Waals surface area contributed by atoms with E-state index in [0.29, 0.717) is 5.25 Å². The zero-order valence-electron chi connectivity index (χ0n) is 9.68. The minimum absolute atomic E-state index is 0.590. The standard InChI is InChI=1S/C14H14N2S/c1-10-9-15-14(17-10)16-13-8-4-6-11-5-2-3-7-12(11)13/h2-8,10H,9H2,1H3,(H,15,16)/t10-/m0/s1. The number of rotatable bonds is 1. The lowest BCUT2D eigenvalue weighted by Crippen LogP contribution is -2.06. The second-order valence-corrected chi connectivity index (χ2v) is 5.65. The van der Waals surface area contributed by atoms with Crippen molar-refractivity contribution >= 4 is 33.4 Å². The molecule has 0 amide bonds. The smallest absolute Gasteiger partial charge is 0.161 e. The highest BCUT2D eigenvalue weighted by Crippen LogP contribution is 2.27. The maximum atomic E-state index is 4.49. The third-order valence-corrected chi connectivity index (χ3v) is 3.84. The predicted molar refractivity (Wildman–Crippen MR) is 76.9 cm³/mol. The van der Waals surface area contributed by atoms with Gasteiger partial charge in [0.25, 0.3) is 0 Å². The molecule has 86 valence electrons. The minimum Gasteiger partial charge on any atom is -0.334 e.